The van der Waals surface area contributed by atoms with Crippen LogP contribution in [-0.2, 0) is 9.59 Å². The molecule has 210 valence electrons. The van der Waals surface area contributed by atoms with E-state index >= 15 is 0 Å². The van der Waals surface area contributed by atoms with Crippen molar-refractivity contribution >= 4 is 11.9 Å². The number of aliphatic hydroxyl groups excluding tert-OH is 1. The zero-order valence-corrected chi connectivity index (χ0v) is 23.3. The van der Waals surface area contributed by atoms with Gasteiger partial charge in [0, 0.05) is 19.4 Å². The number of rotatable bonds is 27. The molecule has 0 atom stereocenters. The molecule has 0 aliphatic rings. The summed E-state index contributed by atoms with van der Waals surface area (Å²) < 4.78 is 0. The molecule has 0 amide bonds. The Morgan fingerprint density at radius 3 is 0.857 bits per heavy atom. The van der Waals surface area contributed by atoms with Crippen molar-refractivity contribution in [2.24, 2.45) is 0 Å². The third kappa shape index (κ3) is 40.4. The summed E-state index contributed by atoms with van der Waals surface area (Å²) in [6.45, 7) is 2.67. The van der Waals surface area contributed by atoms with Crippen LogP contribution < -0.4 is 0 Å². The average Bonchev–Trinajstić information content (AvgIpc) is 2.83. The highest BCUT2D eigenvalue weighted by atomic mass is 16.4. The van der Waals surface area contributed by atoms with Gasteiger partial charge in [0.05, 0.1) is 0 Å². The largest absolute Gasteiger partial charge is 0.481 e. The maximum absolute atomic E-state index is 10.0. The summed E-state index contributed by atoms with van der Waals surface area (Å²) in [4.78, 5) is 20.1. The van der Waals surface area contributed by atoms with Crippen molar-refractivity contribution in [3.63, 3.8) is 0 Å². The second-order valence-electron chi connectivity index (χ2n) is 10.1. The number of hydrogen-bond donors (Lipinski definition) is 3. The van der Waals surface area contributed by atoms with E-state index in [9.17, 15) is 9.59 Å². The van der Waals surface area contributed by atoms with Crippen molar-refractivity contribution in [1.29, 1.82) is 0 Å². The molecule has 0 aliphatic heterocycles. The third-order valence-electron chi connectivity index (χ3n) is 6.54. The van der Waals surface area contributed by atoms with E-state index in [1.54, 1.807) is 0 Å². The first-order valence-corrected chi connectivity index (χ1v) is 15.1. The first-order chi connectivity index (χ1) is 17.0. The molecule has 5 heteroatoms. The molecule has 0 unspecified atom stereocenters. The van der Waals surface area contributed by atoms with Crippen LogP contribution in [0.2, 0.25) is 0 Å². The van der Waals surface area contributed by atoms with Gasteiger partial charge in [-0.25, -0.2) is 0 Å². The van der Waals surface area contributed by atoms with Gasteiger partial charge in [0.1, 0.15) is 0 Å². The molecule has 3 N–H and O–H groups in total. The summed E-state index contributed by atoms with van der Waals surface area (Å²) in [5, 5.41) is 25.2. The molecule has 0 aromatic rings. The summed E-state index contributed by atoms with van der Waals surface area (Å²) in [7, 11) is 0. The maximum Gasteiger partial charge on any atom is 0.303 e. The zero-order valence-electron chi connectivity index (χ0n) is 23.3. The van der Waals surface area contributed by atoms with Gasteiger partial charge in [-0.2, -0.15) is 0 Å². The van der Waals surface area contributed by atoms with Crippen molar-refractivity contribution in [2.45, 2.75) is 174 Å². The number of carboxylic acids is 2. The van der Waals surface area contributed by atoms with E-state index in [0.717, 1.165) is 19.3 Å². The number of carbonyl (C=O) groups is 2. The summed E-state index contributed by atoms with van der Waals surface area (Å²) in [5.74, 6) is -1.57. The highest BCUT2D eigenvalue weighted by molar-refractivity contribution is 5.66. The van der Waals surface area contributed by atoms with Gasteiger partial charge in [0.15, 0.2) is 0 Å². The molecule has 0 bridgehead atoms. The van der Waals surface area contributed by atoms with E-state index in [-0.39, 0.29) is 12.8 Å². The molecule has 0 aromatic carbocycles. The van der Waals surface area contributed by atoms with Gasteiger partial charge in [-0.05, 0) is 19.3 Å². The Hall–Kier alpha value is -1.10. The number of hydrogen-bond acceptors (Lipinski definition) is 3. The lowest BCUT2D eigenvalue weighted by molar-refractivity contribution is -0.138. The van der Waals surface area contributed by atoms with Crippen molar-refractivity contribution in [3.8, 4) is 0 Å². The number of carboxylic acid groups (broad SMARTS) is 2. The minimum atomic E-state index is -0.784. The zero-order chi connectivity index (χ0) is 26.2. The van der Waals surface area contributed by atoms with Crippen molar-refractivity contribution < 1.29 is 24.9 Å². The van der Waals surface area contributed by atoms with Crippen LogP contribution in [-0.4, -0.2) is 33.9 Å². The van der Waals surface area contributed by atoms with Gasteiger partial charge < -0.3 is 15.3 Å². The normalized spacial score (nSPS) is 10.7. The molecule has 0 fully saturated rings. The van der Waals surface area contributed by atoms with Crippen molar-refractivity contribution in [2.75, 3.05) is 6.61 Å². The van der Waals surface area contributed by atoms with E-state index in [4.69, 9.17) is 15.3 Å². The predicted molar refractivity (Wildman–Crippen MR) is 148 cm³/mol. The Kier molecular flexibility index (Phi) is 33.9. The van der Waals surface area contributed by atoms with Gasteiger partial charge >= 0.3 is 11.9 Å². The average molecular weight is 501 g/mol. The topological polar surface area (TPSA) is 94.8 Å². The molecular formula is C30H60O5. The van der Waals surface area contributed by atoms with Gasteiger partial charge in [0.2, 0.25) is 0 Å². The Morgan fingerprint density at radius 1 is 0.400 bits per heavy atom. The quantitative estimate of drug-likeness (QED) is 0.0976. The number of aliphatic carboxylic acids is 2. The SMILES string of the molecule is CCCCCCCCCCCCCCCCCCCCCCO.O=C(O)CCCCCCC(=O)O. The summed E-state index contributed by atoms with van der Waals surface area (Å²) in [5.41, 5.74) is 0. The molecule has 0 radical (unpaired) electrons. The third-order valence-corrected chi connectivity index (χ3v) is 6.54. The van der Waals surface area contributed by atoms with Crippen LogP contribution in [0.25, 0.3) is 0 Å². The molecular weight excluding hydrogens is 440 g/mol. The fourth-order valence-corrected chi connectivity index (χ4v) is 4.27. The molecule has 0 saturated carbocycles. The van der Waals surface area contributed by atoms with Crippen molar-refractivity contribution in [1.82, 2.24) is 0 Å². The highest BCUT2D eigenvalue weighted by Gasteiger charge is 1.99. The summed E-state index contributed by atoms with van der Waals surface area (Å²) in [6.07, 6.45) is 31.4. The molecule has 0 aliphatic carbocycles. The van der Waals surface area contributed by atoms with Gasteiger partial charge in [-0.1, -0.05) is 142 Å². The lowest BCUT2D eigenvalue weighted by atomic mass is 10.0. The predicted octanol–water partition coefficient (Wildman–Crippen LogP) is 9.30. The van der Waals surface area contributed by atoms with E-state index < -0.39 is 11.9 Å². The molecule has 35 heavy (non-hydrogen) atoms. The van der Waals surface area contributed by atoms with Gasteiger partial charge in [0.25, 0.3) is 0 Å². The van der Waals surface area contributed by atoms with Crippen LogP contribution in [0, 0.1) is 0 Å². The standard InChI is InChI=1S/C22H46O.C8H14O4/c1-2-3-4-5-6-7-8-9-10-11-12-13-14-15-16-17-18-19-20-21-22-23;9-7(10)5-3-1-2-4-6-8(11)12/h23H,2-22H2,1H3;1-6H2,(H,9,10)(H,11,12). The minimum Gasteiger partial charge on any atom is -0.481 e. The van der Waals surface area contributed by atoms with Crippen molar-refractivity contribution in [3.05, 3.63) is 0 Å². The number of unbranched alkanes of at least 4 members (excludes halogenated alkanes) is 22. The fraction of sp³-hybridized carbons (Fsp3) is 0.933. The van der Waals surface area contributed by atoms with Gasteiger partial charge in [-0.15, -0.1) is 0 Å². The number of aliphatic hydroxyl groups is 1. The fourth-order valence-electron chi connectivity index (χ4n) is 4.27. The molecule has 0 rings (SSSR count). The van der Waals surface area contributed by atoms with Crippen LogP contribution >= 0.6 is 0 Å². The highest BCUT2D eigenvalue weighted by Crippen LogP contribution is 2.14. The van der Waals surface area contributed by atoms with E-state index in [1.165, 1.54) is 122 Å². The Morgan fingerprint density at radius 2 is 0.629 bits per heavy atom. The molecule has 0 heterocycles. The smallest absolute Gasteiger partial charge is 0.303 e. The van der Waals surface area contributed by atoms with Crippen LogP contribution in [0.5, 0.6) is 0 Å². The molecule has 5 nitrogen and oxygen atoms in total. The summed E-state index contributed by atoms with van der Waals surface area (Å²) >= 11 is 0. The van der Waals surface area contributed by atoms with E-state index in [1.807, 2.05) is 0 Å². The van der Waals surface area contributed by atoms with Crippen LogP contribution in [0.4, 0.5) is 0 Å². The lowest BCUT2D eigenvalue weighted by Crippen LogP contribution is -1.95. The second-order valence-corrected chi connectivity index (χ2v) is 10.1. The Labute approximate surface area is 217 Å². The second kappa shape index (κ2) is 32.9. The molecule has 0 saturated heterocycles. The van der Waals surface area contributed by atoms with Gasteiger partial charge in [-0.3, -0.25) is 9.59 Å². The monoisotopic (exact) mass is 500 g/mol. The molecule has 0 spiro atoms. The Bertz CT molecular complexity index is 387. The summed E-state index contributed by atoms with van der Waals surface area (Å²) in [6, 6.07) is 0. The van der Waals surface area contributed by atoms with Crippen LogP contribution in [0.3, 0.4) is 0 Å². The lowest BCUT2D eigenvalue weighted by Gasteiger charge is -2.03. The van der Waals surface area contributed by atoms with Crippen LogP contribution in [0.1, 0.15) is 174 Å². The first kappa shape index (κ1) is 36.1. The maximum atomic E-state index is 10.0. The first-order valence-electron chi connectivity index (χ1n) is 15.1. The van der Waals surface area contributed by atoms with Crippen LogP contribution in [0.15, 0.2) is 0 Å². The molecule has 0 aromatic heterocycles. The Balaban J connectivity index is 0. The van der Waals surface area contributed by atoms with E-state index in [2.05, 4.69) is 6.92 Å². The van der Waals surface area contributed by atoms with E-state index in [0.29, 0.717) is 19.4 Å². The minimum absolute atomic E-state index is 0.188.